The number of hydrogen-bond acceptors (Lipinski definition) is 3. The third kappa shape index (κ3) is 6.22. The summed E-state index contributed by atoms with van der Waals surface area (Å²) in [7, 11) is 4.78. The van der Waals surface area contributed by atoms with Crippen LogP contribution in [0.15, 0.2) is 0 Å². The van der Waals surface area contributed by atoms with E-state index in [1.807, 2.05) is 0 Å². The molecule has 2 amide bonds. The van der Waals surface area contributed by atoms with Gasteiger partial charge in [0.25, 0.3) is 0 Å². The lowest BCUT2D eigenvalue weighted by molar-refractivity contribution is -0.142. The molecule has 6 nitrogen and oxygen atoms in total. The molecule has 0 bridgehead atoms. The zero-order valence-electron chi connectivity index (χ0n) is 11.7. The van der Waals surface area contributed by atoms with E-state index in [1.54, 1.807) is 35.0 Å². The second-order valence-electron chi connectivity index (χ2n) is 5.45. The number of rotatable bonds is 6. The summed E-state index contributed by atoms with van der Waals surface area (Å²) in [5.41, 5.74) is -0.613. The van der Waals surface area contributed by atoms with Crippen molar-refractivity contribution in [1.29, 1.82) is 0 Å². The van der Waals surface area contributed by atoms with Crippen molar-refractivity contribution in [2.24, 2.45) is 5.41 Å². The lowest BCUT2D eigenvalue weighted by Gasteiger charge is -2.26. The minimum absolute atomic E-state index is 0.00891. The maximum absolute atomic E-state index is 11.9. The highest BCUT2D eigenvalue weighted by atomic mass is 16.4. The molecule has 0 aliphatic heterocycles. The Morgan fingerprint density at radius 1 is 1.00 bits per heavy atom. The van der Waals surface area contributed by atoms with Gasteiger partial charge in [0.15, 0.2) is 0 Å². The van der Waals surface area contributed by atoms with Crippen LogP contribution in [0.5, 0.6) is 0 Å². The first-order chi connectivity index (χ1) is 8.05. The summed E-state index contributed by atoms with van der Waals surface area (Å²) < 4.78 is 0. The number of amides is 2. The monoisotopic (exact) mass is 258 g/mol. The molecule has 104 valence electrons. The zero-order chi connectivity index (χ0) is 14.5. The predicted molar refractivity (Wildman–Crippen MR) is 67.0 cm³/mol. The molecule has 0 atom stereocenters. The molecule has 0 rings (SSSR count). The Morgan fingerprint density at radius 2 is 1.50 bits per heavy atom. The topological polar surface area (TPSA) is 77.9 Å². The van der Waals surface area contributed by atoms with Crippen molar-refractivity contribution in [2.45, 2.75) is 26.7 Å². The molecule has 0 aliphatic rings. The quantitative estimate of drug-likeness (QED) is 0.749. The van der Waals surface area contributed by atoms with Gasteiger partial charge in [-0.1, -0.05) is 13.8 Å². The average Bonchev–Trinajstić information content (AvgIpc) is 2.13. The third-order valence-corrected chi connectivity index (χ3v) is 2.56. The summed E-state index contributed by atoms with van der Waals surface area (Å²) in [6, 6.07) is 0. The Kier molecular flexibility index (Phi) is 5.81. The van der Waals surface area contributed by atoms with Gasteiger partial charge in [0.2, 0.25) is 11.8 Å². The molecular weight excluding hydrogens is 236 g/mol. The summed E-state index contributed by atoms with van der Waals surface area (Å²) in [4.78, 5) is 36.7. The summed E-state index contributed by atoms with van der Waals surface area (Å²) >= 11 is 0. The van der Waals surface area contributed by atoms with E-state index in [0.29, 0.717) is 0 Å². The van der Waals surface area contributed by atoms with E-state index < -0.39 is 11.4 Å². The van der Waals surface area contributed by atoms with E-state index in [4.69, 9.17) is 5.11 Å². The van der Waals surface area contributed by atoms with Crippen LogP contribution in [0.25, 0.3) is 0 Å². The molecule has 0 fully saturated rings. The third-order valence-electron chi connectivity index (χ3n) is 2.56. The molecule has 0 saturated carbocycles. The molecule has 1 N–H and O–H groups in total. The van der Waals surface area contributed by atoms with Crippen molar-refractivity contribution in [3.63, 3.8) is 0 Å². The maximum Gasteiger partial charge on any atom is 0.303 e. The van der Waals surface area contributed by atoms with E-state index in [-0.39, 0.29) is 31.2 Å². The molecule has 0 aromatic heterocycles. The number of aliphatic carboxylic acids is 1. The molecule has 0 aromatic carbocycles. The summed E-state index contributed by atoms with van der Waals surface area (Å²) in [5, 5.41) is 8.73. The fourth-order valence-electron chi connectivity index (χ4n) is 1.45. The second-order valence-corrected chi connectivity index (χ2v) is 5.45. The van der Waals surface area contributed by atoms with E-state index in [0.717, 1.165) is 0 Å². The van der Waals surface area contributed by atoms with Crippen LogP contribution in [0.3, 0.4) is 0 Å². The number of carboxylic acid groups (broad SMARTS) is 1. The first kappa shape index (κ1) is 16.4. The summed E-state index contributed by atoms with van der Waals surface area (Å²) in [5.74, 6) is -1.32. The van der Waals surface area contributed by atoms with Gasteiger partial charge in [0.05, 0.1) is 13.0 Å². The highest BCUT2D eigenvalue weighted by Gasteiger charge is 2.27. The maximum atomic E-state index is 11.9. The standard InChI is InChI=1S/C12H22N2O4/c1-12(2,7-11(17)18)6-9(15)14(5)8-10(16)13(3)4/h6-8H2,1-5H3,(H,17,18). The van der Waals surface area contributed by atoms with Crippen LogP contribution in [-0.4, -0.2) is 60.4 Å². The van der Waals surface area contributed by atoms with Crippen LogP contribution in [-0.2, 0) is 14.4 Å². The van der Waals surface area contributed by atoms with Gasteiger partial charge in [-0.2, -0.15) is 0 Å². The smallest absolute Gasteiger partial charge is 0.303 e. The summed E-state index contributed by atoms with van der Waals surface area (Å²) in [6.45, 7) is 3.45. The van der Waals surface area contributed by atoms with Crippen LogP contribution >= 0.6 is 0 Å². The van der Waals surface area contributed by atoms with Gasteiger partial charge in [0, 0.05) is 27.6 Å². The van der Waals surface area contributed by atoms with Gasteiger partial charge in [-0.05, 0) is 5.41 Å². The summed E-state index contributed by atoms with van der Waals surface area (Å²) in [6.07, 6.45) is 0.0325. The molecule has 6 heteroatoms. The highest BCUT2D eigenvalue weighted by molar-refractivity contribution is 5.85. The molecule has 0 aliphatic carbocycles. The van der Waals surface area contributed by atoms with Crippen LogP contribution in [0, 0.1) is 5.41 Å². The van der Waals surface area contributed by atoms with Gasteiger partial charge < -0.3 is 14.9 Å². The Labute approximate surface area is 108 Å². The van der Waals surface area contributed by atoms with Crippen molar-refractivity contribution in [1.82, 2.24) is 9.80 Å². The van der Waals surface area contributed by atoms with Crippen LogP contribution in [0.2, 0.25) is 0 Å². The predicted octanol–water partition coefficient (Wildman–Crippen LogP) is 0.424. The molecule has 0 heterocycles. The van der Waals surface area contributed by atoms with E-state index in [9.17, 15) is 14.4 Å². The lowest BCUT2D eigenvalue weighted by Crippen LogP contribution is -2.39. The van der Waals surface area contributed by atoms with Crippen LogP contribution in [0.4, 0.5) is 0 Å². The molecule has 18 heavy (non-hydrogen) atoms. The van der Waals surface area contributed by atoms with Crippen LogP contribution in [0.1, 0.15) is 26.7 Å². The van der Waals surface area contributed by atoms with Crippen molar-refractivity contribution < 1.29 is 19.5 Å². The van der Waals surface area contributed by atoms with Gasteiger partial charge in [-0.15, -0.1) is 0 Å². The lowest BCUT2D eigenvalue weighted by atomic mass is 9.85. The van der Waals surface area contributed by atoms with Gasteiger partial charge in [-0.3, -0.25) is 14.4 Å². The molecule has 0 saturated heterocycles. The fourth-order valence-corrected chi connectivity index (χ4v) is 1.45. The van der Waals surface area contributed by atoms with Crippen molar-refractivity contribution in [2.75, 3.05) is 27.7 Å². The van der Waals surface area contributed by atoms with E-state index >= 15 is 0 Å². The number of carboxylic acids is 1. The van der Waals surface area contributed by atoms with Gasteiger partial charge in [-0.25, -0.2) is 0 Å². The number of carbonyl (C=O) groups excluding carboxylic acids is 2. The van der Waals surface area contributed by atoms with Crippen molar-refractivity contribution >= 4 is 17.8 Å². The van der Waals surface area contributed by atoms with Crippen molar-refractivity contribution in [3.8, 4) is 0 Å². The van der Waals surface area contributed by atoms with Gasteiger partial charge >= 0.3 is 5.97 Å². The average molecular weight is 258 g/mol. The number of hydrogen-bond donors (Lipinski definition) is 1. The SMILES string of the molecule is CN(C)C(=O)CN(C)C(=O)CC(C)(C)CC(=O)O. The molecule has 0 spiro atoms. The largest absolute Gasteiger partial charge is 0.481 e. The molecule has 0 unspecified atom stereocenters. The van der Waals surface area contributed by atoms with E-state index in [1.165, 1.54) is 9.80 Å². The first-order valence-electron chi connectivity index (χ1n) is 5.71. The second kappa shape index (κ2) is 6.37. The first-order valence-corrected chi connectivity index (χ1v) is 5.71. The fraction of sp³-hybridized carbons (Fsp3) is 0.750. The number of likely N-dealkylation sites (N-methyl/N-ethyl adjacent to an activating group) is 2. The Hall–Kier alpha value is -1.59. The van der Waals surface area contributed by atoms with Crippen molar-refractivity contribution in [3.05, 3.63) is 0 Å². The Bertz CT molecular complexity index is 337. The normalized spacial score (nSPS) is 10.9. The molecule has 0 aromatic rings. The minimum atomic E-state index is -0.931. The minimum Gasteiger partial charge on any atom is -0.481 e. The van der Waals surface area contributed by atoms with Gasteiger partial charge in [0.1, 0.15) is 0 Å². The Morgan fingerprint density at radius 3 is 1.89 bits per heavy atom. The Balaban J connectivity index is 4.40. The zero-order valence-corrected chi connectivity index (χ0v) is 11.7. The number of carbonyl (C=O) groups is 3. The number of nitrogens with zero attached hydrogens (tertiary/aromatic N) is 2. The van der Waals surface area contributed by atoms with E-state index in [2.05, 4.69) is 0 Å². The molecular formula is C12H22N2O4. The molecule has 0 radical (unpaired) electrons. The van der Waals surface area contributed by atoms with Crippen LogP contribution < -0.4 is 0 Å². The highest BCUT2D eigenvalue weighted by Crippen LogP contribution is 2.25.